The minimum Gasteiger partial charge on any atom is -0.344 e. The Kier molecular flexibility index (Phi) is 6.51. The molecule has 0 heterocycles. The highest BCUT2D eigenvalue weighted by molar-refractivity contribution is 6.37. The van der Waals surface area contributed by atoms with Gasteiger partial charge in [-0.1, -0.05) is 24.3 Å². The van der Waals surface area contributed by atoms with E-state index < -0.39 is 17.7 Å². The van der Waals surface area contributed by atoms with Crippen LogP contribution in [0.25, 0.3) is 0 Å². The Balaban J connectivity index is 2.63. The van der Waals surface area contributed by atoms with Crippen LogP contribution in [0.1, 0.15) is 18.1 Å². The van der Waals surface area contributed by atoms with Gasteiger partial charge in [-0.2, -0.15) is 0 Å². The second-order valence-corrected chi connectivity index (χ2v) is 4.47. The molecule has 1 aromatic carbocycles. The number of carbonyl (C=O) groups excluding carboxylic acids is 3. The molecule has 114 valence electrons. The second-order valence-electron chi connectivity index (χ2n) is 4.47. The zero-order chi connectivity index (χ0) is 15.8. The van der Waals surface area contributed by atoms with E-state index in [2.05, 4.69) is 5.32 Å². The molecule has 0 aromatic heterocycles. The fourth-order valence-corrected chi connectivity index (χ4v) is 1.78. The Bertz CT molecular complexity index is 531. The van der Waals surface area contributed by atoms with Crippen LogP contribution in [0.15, 0.2) is 24.3 Å². The summed E-state index contributed by atoms with van der Waals surface area (Å²) in [5.41, 5.74) is 12.6. The summed E-state index contributed by atoms with van der Waals surface area (Å²) in [7, 11) is 0. The zero-order valence-electron chi connectivity index (χ0n) is 12.0. The van der Waals surface area contributed by atoms with Crippen LogP contribution in [0.4, 0.5) is 0 Å². The fourth-order valence-electron chi connectivity index (χ4n) is 1.78. The van der Waals surface area contributed by atoms with Crippen molar-refractivity contribution in [3.05, 3.63) is 35.4 Å². The van der Waals surface area contributed by atoms with Gasteiger partial charge in [-0.15, -0.1) is 0 Å². The predicted octanol–water partition coefficient (Wildman–Crippen LogP) is -0.905. The van der Waals surface area contributed by atoms with Gasteiger partial charge in [-0.3, -0.25) is 19.3 Å². The first-order chi connectivity index (χ1) is 9.99. The van der Waals surface area contributed by atoms with Crippen LogP contribution in [0, 0.1) is 0 Å². The van der Waals surface area contributed by atoms with E-state index in [9.17, 15) is 14.4 Å². The summed E-state index contributed by atoms with van der Waals surface area (Å²) in [5, 5.41) is 2.48. The number of nitrogens with two attached hydrogens (primary N) is 2. The van der Waals surface area contributed by atoms with Gasteiger partial charge in [0, 0.05) is 33.1 Å². The number of benzene rings is 1. The first-order valence-corrected chi connectivity index (χ1v) is 6.57. The number of nitrogens with one attached hydrogen (secondary N) is 1. The maximum atomic E-state index is 11.8. The predicted molar refractivity (Wildman–Crippen MR) is 77.6 cm³/mol. The zero-order valence-corrected chi connectivity index (χ0v) is 12.0. The van der Waals surface area contributed by atoms with E-state index in [0.717, 1.165) is 16.0 Å². The molecule has 1 rings (SSSR count). The van der Waals surface area contributed by atoms with Crippen molar-refractivity contribution in [1.82, 2.24) is 10.2 Å². The van der Waals surface area contributed by atoms with Gasteiger partial charge in [0.15, 0.2) is 0 Å². The number of rotatable bonds is 5. The number of imide groups is 1. The number of amides is 3. The van der Waals surface area contributed by atoms with Gasteiger partial charge >= 0.3 is 11.8 Å². The molecule has 0 unspecified atom stereocenters. The van der Waals surface area contributed by atoms with Gasteiger partial charge in [0.25, 0.3) is 0 Å². The van der Waals surface area contributed by atoms with Gasteiger partial charge in [-0.05, 0) is 11.1 Å². The van der Waals surface area contributed by atoms with E-state index in [1.165, 1.54) is 6.92 Å². The van der Waals surface area contributed by atoms with Crippen molar-refractivity contribution < 1.29 is 14.4 Å². The summed E-state index contributed by atoms with van der Waals surface area (Å²) in [6.45, 7) is 1.93. The van der Waals surface area contributed by atoms with Crippen LogP contribution in [-0.4, -0.2) is 35.7 Å². The highest BCUT2D eigenvalue weighted by Crippen LogP contribution is 2.04. The molecule has 0 spiro atoms. The lowest BCUT2D eigenvalue weighted by Gasteiger charge is -2.17. The normalized spacial score (nSPS) is 10.0. The van der Waals surface area contributed by atoms with E-state index in [1.54, 1.807) is 0 Å². The molecular weight excluding hydrogens is 272 g/mol. The Labute approximate surface area is 123 Å². The minimum absolute atomic E-state index is 0.0181. The summed E-state index contributed by atoms with van der Waals surface area (Å²) in [5.74, 6) is -2.24. The molecule has 0 fully saturated rings. The molecule has 0 aliphatic carbocycles. The Morgan fingerprint density at radius 3 is 2.43 bits per heavy atom. The first-order valence-electron chi connectivity index (χ1n) is 6.57. The lowest BCUT2D eigenvalue weighted by atomic mass is 10.1. The van der Waals surface area contributed by atoms with Crippen molar-refractivity contribution in [2.45, 2.75) is 20.0 Å². The minimum atomic E-state index is -0.900. The molecular formula is C14H20N4O3. The standard InChI is InChI=1S/C14H20N4O3/c1-10(19)18(6-5-15)14(21)13(20)17-9-12-4-2-3-11(7-12)8-16/h2-4,7H,5-6,8-9,15-16H2,1H3,(H,17,20). The maximum Gasteiger partial charge on any atom is 0.318 e. The van der Waals surface area contributed by atoms with Crippen LogP contribution < -0.4 is 16.8 Å². The lowest BCUT2D eigenvalue weighted by Crippen LogP contribution is -2.46. The SMILES string of the molecule is CC(=O)N(CCN)C(=O)C(=O)NCc1cccc(CN)c1. The van der Waals surface area contributed by atoms with E-state index in [-0.39, 0.29) is 19.6 Å². The summed E-state index contributed by atoms with van der Waals surface area (Å²) in [6.07, 6.45) is 0. The topological polar surface area (TPSA) is 119 Å². The highest BCUT2D eigenvalue weighted by Gasteiger charge is 2.24. The smallest absolute Gasteiger partial charge is 0.318 e. The van der Waals surface area contributed by atoms with Gasteiger partial charge < -0.3 is 16.8 Å². The third-order valence-electron chi connectivity index (χ3n) is 2.85. The van der Waals surface area contributed by atoms with Crippen molar-refractivity contribution in [1.29, 1.82) is 0 Å². The van der Waals surface area contributed by atoms with Crippen molar-refractivity contribution in [3.8, 4) is 0 Å². The maximum absolute atomic E-state index is 11.8. The molecule has 21 heavy (non-hydrogen) atoms. The molecule has 0 aliphatic rings. The van der Waals surface area contributed by atoms with Crippen LogP contribution >= 0.6 is 0 Å². The van der Waals surface area contributed by atoms with E-state index in [0.29, 0.717) is 6.54 Å². The molecule has 0 saturated carbocycles. The van der Waals surface area contributed by atoms with Crippen molar-refractivity contribution in [2.75, 3.05) is 13.1 Å². The van der Waals surface area contributed by atoms with Crippen molar-refractivity contribution in [2.24, 2.45) is 11.5 Å². The van der Waals surface area contributed by atoms with Crippen LogP contribution in [0.5, 0.6) is 0 Å². The number of hydrogen-bond donors (Lipinski definition) is 3. The summed E-state index contributed by atoms with van der Waals surface area (Å²) in [6, 6.07) is 7.34. The Morgan fingerprint density at radius 2 is 1.86 bits per heavy atom. The highest BCUT2D eigenvalue weighted by atomic mass is 16.2. The number of hydrogen-bond acceptors (Lipinski definition) is 5. The number of nitrogens with zero attached hydrogens (tertiary/aromatic N) is 1. The van der Waals surface area contributed by atoms with Crippen LogP contribution in [-0.2, 0) is 27.5 Å². The van der Waals surface area contributed by atoms with Crippen molar-refractivity contribution in [3.63, 3.8) is 0 Å². The third-order valence-corrected chi connectivity index (χ3v) is 2.85. The van der Waals surface area contributed by atoms with Gasteiger partial charge in [0.05, 0.1) is 0 Å². The fraction of sp³-hybridized carbons (Fsp3) is 0.357. The molecule has 7 nitrogen and oxygen atoms in total. The molecule has 3 amide bonds. The van der Waals surface area contributed by atoms with Gasteiger partial charge in [-0.25, -0.2) is 0 Å². The van der Waals surface area contributed by atoms with E-state index >= 15 is 0 Å². The monoisotopic (exact) mass is 292 g/mol. The molecule has 7 heteroatoms. The molecule has 0 bridgehead atoms. The van der Waals surface area contributed by atoms with Crippen molar-refractivity contribution >= 4 is 17.7 Å². The largest absolute Gasteiger partial charge is 0.344 e. The average molecular weight is 292 g/mol. The van der Waals surface area contributed by atoms with Crippen LogP contribution in [0.2, 0.25) is 0 Å². The first kappa shape index (κ1) is 16.8. The van der Waals surface area contributed by atoms with E-state index in [1.807, 2.05) is 24.3 Å². The number of carbonyl (C=O) groups is 3. The molecule has 0 radical (unpaired) electrons. The van der Waals surface area contributed by atoms with Gasteiger partial charge in [0.1, 0.15) is 0 Å². The Hall–Kier alpha value is -2.25. The summed E-state index contributed by atoms with van der Waals surface area (Å²) < 4.78 is 0. The lowest BCUT2D eigenvalue weighted by molar-refractivity contribution is -0.151. The summed E-state index contributed by atoms with van der Waals surface area (Å²) in [4.78, 5) is 35.7. The molecule has 1 aromatic rings. The quantitative estimate of drug-likeness (QED) is 0.607. The average Bonchev–Trinajstić information content (AvgIpc) is 2.49. The third kappa shape index (κ3) is 4.97. The molecule has 0 saturated heterocycles. The molecule has 0 aliphatic heterocycles. The van der Waals surface area contributed by atoms with Crippen LogP contribution in [0.3, 0.4) is 0 Å². The van der Waals surface area contributed by atoms with Gasteiger partial charge in [0.2, 0.25) is 5.91 Å². The van der Waals surface area contributed by atoms with E-state index in [4.69, 9.17) is 11.5 Å². The molecule has 5 N–H and O–H groups in total. The molecule has 0 atom stereocenters. The Morgan fingerprint density at radius 1 is 1.19 bits per heavy atom. The second kappa shape index (κ2) is 8.13. The summed E-state index contributed by atoms with van der Waals surface area (Å²) >= 11 is 0.